The molecule has 1 aliphatic carbocycles. The highest BCUT2D eigenvalue weighted by Crippen LogP contribution is 2.44. The first-order chi connectivity index (χ1) is 10.2. The molecular weight excluding hydrogens is 278 g/mol. The standard InChI is InChI=1S/C17H29N3S/c1-4-13(3)18-11-15-16(14-5-6-14)19-17(21-15)20-9-7-12(2)8-10-20/h12-14,18H,4-11H2,1-3H3. The molecule has 118 valence electrons. The third kappa shape index (κ3) is 3.78. The SMILES string of the molecule is CCC(C)NCc1sc(N2CCC(C)CC2)nc1C1CC1. The van der Waals surface area contributed by atoms with Gasteiger partial charge in [0.1, 0.15) is 0 Å². The second-order valence-electron chi connectivity index (χ2n) is 6.94. The van der Waals surface area contributed by atoms with Crippen molar-refractivity contribution in [3.8, 4) is 0 Å². The summed E-state index contributed by atoms with van der Waals surface area (Å²) in [4.78, 5) is 9.04. The molecule has 0 amide bonds. The van der Waals surface area contributed by atoms with Gasteiger partial charge in [-0.3, -0.25) is 0 Å². The molecule has 1 aliphatic heterocycles. The summed E-state index contributed by atoms with van der Waals surface area (Å²) in [6, 6.07) is 0.596. The van der Waals surface area contributed by atoms with E-state index in [1.807, 2.05) is 11.3 Å². The van der Waals surface area contributed by atoms with Crippen LogP contribution in [-0.4, -0.2) is 24.1 Å². The van der Waals surface area contributed by atoms with Crippen LogP contribution in [-0.2, 0) is 6.54 Å². The Morgan fingerprint density at radius 2 is 2.00 bits per heavy atom. The van der Waals surface area contributed by atoms with Crippen molar-refractivity contribution < 1.29 is 0 Å². The zero-order valence-electron chi connectivity index (χ0n) is 13.7. The third-order valence-corrected chi connectivity index (χ3v) is 6.09. The zero-order valence-corrected chi connectivity index (χ0v) is 14.5. The average Bonchev–Trinajstić information content (AvgIpc) is 3.26. The van der Waals surface area contributed by atoms with Crippen LogP contribution in [0, 0.1) is 5.92 Å². The number of hydrogen-bond donors (Lipinski definition) is 1. The van der Waals surface area contributed by atoms with Crippen molar-refractivity contribution >= 4 is 16.5 Å². The summed E-state index contributed by atoms with van der Waals surface area (Å²) in [7, 11) is 0. The third-order valence-electron chi connectivity index (χ3n) is 4.96. The Kier molecular flexibility index (Phi) is 4.85. The van der Waals surface area contributed by atoms with Gasteiger partial charge in [-0.15, -0.1) is 11.3 Å². The fraction of sp³-hybridized carbons (Fsp3) is 0.824. The molecular formula is C17H29N3S. The maximum atomic E-state index is 5.03. The van der Waals surface area contributed by atoms with E-state index in [0.29, 0.717) is 6.04 Å². The molecule has 1 saturated heterocycles. The Balaban J connectivity index is 1.70. The summed E-state index contributed by atoms with van der Waals surface area (Å²) in [6.45, 7) is 10.3. The molecule has 0 radical (unpaired) electrons. The predicted molar refractivity (Wildman–Crippen MR) is 91.3 cm³/mol. The van der Waals surface area contributed by atoms with Gasteiger partial charge in [0.25, 0.3) is 0 Å². The van der Waals surface area contributed by atoms with Crippen LogP contribution in [0.1, 0.15) is 69.4 Å². The Bertz CT molecular complexity index is 459. The molecule has 2 fully saturated rings. The lowest BCUT2D eigenvalue weighted by Gasteiger charge is -2.29. The van der Waals surface area contributed by atoms with E-state index in [2.05, 4.69) is 31.0 Å². The molecule has 0 aromatic carbocycles. The molecule has 1 unspecified atom stereocenters. The van der Waals surface area contributed by atoms with Crippen molar-refractivity contribution in [1.29, 1.82) is 0 Å². The van der Waals surface area contributed by atoms with Crippen LogP contribution in [0.5, 0.6) is 0 Å². The largest absolute Gasteiger partial charge is 0.348 e. The molecule has 21 heavy (non-hydrogen) atoms. The number of anilines is 1. The zero-order chi connectivity index (χ0) is 14.8. The molecule has 4 heteroatoms. The van der Waals surface area contributed by atoms with Crippen LogP contribution in [0.2, 0.25) is 0 Å². The quantitative estimate of drug-likeness (QED) is 0.856. The van der Waals surface area contributed by atoms with Gasteiger partial charge in [0.15, 0.2) is 5.13 Å². The van der Waals surface area contributed by atoms with Gasteiger partial charge < -0.3 is 10.2 Å². The van der Waals surface area contributed by atoms with Crippen molar-refractivity contribution in [3.63, 3.8) is 0 Å². The maximum absolute atomic E-state index is 5.03. The molecule has 0 bridgehead atoms. The molecule has 1 aromatic heterocycles. The van der Waals surface area contributed by atoms with Crippen molar-refractivity contribution in [1.82, 2.24) is 10.3 Å². The van der Waals surface area contributed by atoms with E-state index in [-0.39, 0.29) is 0 Å². The highest BCUT2D eigenvalue weighted by Gasteiger charge is 2.31. The molecule has 3 rings (SSSR count). The topological polar surface area (TPSA) is 28.2 Å². The van der Waals surface area contributed by atoms with Crippen LogP contribution in [0.25, 0.3) is 0 Å². The van der Waals surface area contributed by atoms with Gasteiger partial charge in [-0.25, -0.2) is 4.98 Å². The molecule has 1 saturated carbocycles. The second kappa shape index (κ2) is 6.66. The molecule has 2 aliphatic rings. The number of hydrogen-bond acceptors (Lipinski definition) is 4. The number of rotatable bonds is 6. The Labute approximate surface area is 133 Å². The minimum atomic E-state index is 0.596. The lowest BCUT2D eigenvalue weighted by atomic mass is 10.00. The summed E-state index contributed by atoms with van der Waals surface area (Å²) in [5.41, 5.74) is 1.41. The van der Waals surface area contributed by atoms with Crippen LogP contribution in [0.4, 0.5) is 5.13 Å². The first-order valence-corrected chi connectivity index (χ1v) is 9.47. The van der Waals surface area contributed by atoms with E-state index in [1.54, 1.807) is 0 Å². The number of aromatic nitrogens is 1. The first kappa shape index (κ1) is 15.3. The molecule has 2 heterocycles. The smallest absolute Gasteiger partial charge is 0.185 e. The van der Waals surface area contributed by atoms with Crippen molar-refractivity contribution in [2.24, 2.45) is 5.92 Å². The summed E-state index contributed by atoms with van der Waals surface area (Å²) in [6.07, 6.45) is 6.51. The van der Waals surface area contributed by atoms with Gasteiger partial charge >= 0.3 is 0 Å². The Hall–Kier alpha value is -0.610. The predicted octanol–water partition coefficient (Wildman–Crippen LogP) is 4.14. The van der Waals surface area contributed by atoms with E-state index < -0.39 is 0 Å². The van der Waals surface area contributed by atoms with E-state index in [9.17, 15) is 0 Å². The molecule has 3 nitrogen and oxygen atoms in total. The lowest BCUT2D eigenvalue weighted by molar-refractivity contribution is 0.438. The lowest BCUT2D eigenvalue weighted by Crippen LogP contribution is -2.32. The van der Waals surface area contributed by atoms with E-state index in [1.165, 1.54) is 60.9 Å². The normalized spacial score (nSPS) is 21.8. The number of thiazole rings is 1. The average molecular weight is 308 g/mol. The van der Waals surface area contributed by atoms with Crippen molar-refractivity contribution in [2.75, 3.05) is 18.0 Å². The summed E-state index contributed by atoms with van der Waals surface area (Å²) < 4.78 is 0. The summed E-state index contributed by atoms with van der Waals surface area (Å²) in [5, 5.41) is 4.93. The summed E-state index contributed by atoms with van der Waals surface area (Å²) in [5.74, 6) is 1.64. The fourth-order valence-corrected chi connectivity index (χ4v) is 4.05. The van der Waals surface area contributed by atoms with Gasteiger partial charge in [0, 0.05) is 36.5 Å². The highest BCUT2D eigenvalue weighted by molar-refractivity contribution is 7.15. The number of piperidine rings is 1. The minimum Gasteiger partial charge on any atom is -0.348 e. The van der Waals surface area contributed by atoms with E-state index >= 15 is 0 Å². The van der Waals surface area contributed by atoms with Gasteiger partial charge in [-0.2, -0.15) is 0 Å². The monoisotopic (exact) mass is 307 g/mol. The van der Waals surface area contributed by atoms with Gasteiger partial charge in [-0.1, -0.05) is 13.8 Å². The van der Waals surface area contributed by atoms with Crippen molar-refractivity contribution in [2.45, 2.75) is 71.4 Å². The molecule has 0 spiro atoms. The second-order valence-corrected chi connectivity index (χ2v) is 8.00. The molecule has 1 aromatic rings. The Morgan fingerprint density at radius 1 is 1.29 bits per heavy atom. The van der Waals surface area contributed by atoms with Crippen LogP contribution >= 0.6 is 11.3 Å². The van der Waals surface area contributed by atoms with Crippen LogP contribution < -0.4 is 10.2 Å². The van der Waals surface area contributed by atoms with Crippen LogP contribution in [0.15, 0.2) is 0 Å². The van der Waals surface area contributed by atoms with E-state index in [0.717, 1.165) is 18.4 Å². The van der Waals surface area contributed by atoms with Gasteiger partial charge in [-0.05, 0) is 44.9 Å². The molecule has 1 N–H and O–H groups in total. The number of nitrogens with zero attached hydrogens (tertiary/aromatic N) is 2. The molecule has 1 atom stereocenters. The Morgan fingerprint density at radius 3 is 2.62 bits per heavy atom. The minimum absolute atomic E-state index is 0.596. The fourth-order valence-electron chi connectivity index (χ4n) is 2.90. The van der Waals surface area contributed by atoms with Gasteiger partial charge in [0.2, 0.25) is 0 Å². The highest BCUT2D eigenvalue weighted by atomic mass is 32.1. The number of nitrogens with one attached hydrogen (secondary N) is 1. The maximum Gasteiger partial charge on any atom is 0.185 e. The van der Waals surface area contributed by atoms with Crippen LogP contribution in [0.3, 0.4) is 0 Å². The van der Waals surface area contributed by atoms with Crippen molar-refractivity contribution in [3.05, 3.63) is 10.6 Å². The first-order valence-electron chi connectivity index (χ1n) is 8.65. The summed E-state index contributed by atoms with van der Waals surface area (Å²) >= 11 is 1.94. The van der Waals surface area contributed by atoms with Gasteiger partial charge in [0.05, 0.1) is 5.69 Å². The van der Waals surface area contributed by atoms with E-state index in [4.69, 9.17) is 4.98 Å².